The van der Waals surface area contributed by atoms with E-state index in [1.54, 1.807) is 6.20 Å². The monoisotopic (exact) mass is 286 g/mol. The van der Waals surface area contributed by atoms with Gasteiger partial charge in [0.15, 0.2) is 0 Å². The van der Waals surface area contributed by atoms with E-state index in [4.69, 9.17) is 5.73 Å². The number of aromatic nitrogens is 1. The Balaban J connectivity index is 2.07. The van der Waals surface area contributed by atoms with Gasteiger partial charge in [-0.2, -0.15) is 13.2 Å². The summed E-state index contributed by atoms with van der Waals surface area (Å²) in [6, 6.07) is 4.87. The molecule has 0 aliphatic carbocycles. The largest absolute Gasteiger partial charge is 0.416 e. The van der Waals surface area contributed by atoms with Gasteiger partial charge in [-0.1, -0.05) is 12.1 Å². The van der Waals surface area contributed by atoms with Crippen molar-refractivity contribution in [3.63, 3.8) is 0 Å². The maximum atomic E-state index is 12.4. The molecule has 0 aliphatic rings. The minimum Gasteiger partial charge on any atom is -0.323 e. The standard InChI is InChI=1S/C13H13F3N2S/c1-8-18-7-12(19-8)11(17)6-9-2-4-10(5-3-9)13(14,15)16/h2-5,7,11H,6,17H2,1H3. The molecule has 2 rings (SSSR count). The maximum absolute atomic E-state index is 12.4. The predicted octanol–water partition coefficient (Wildman–Crippen LogP) is 3.71. The average Bonchev–Trinajstić information content (AvgIpc) is 2.75. The van der Waals surface area contributed by atoms with E-state index < -0.39 is 11.7 Å². The number of aryl methyl sites for hydroxylation is 1. The van der Waals surface area contributed by atoms with E-state index in [0.29, 0.717) is 6.42 Å². The predicted molar refractivity (Wildman–Crippen MR) is 68.9 cm³/mol. The van der Waals surface area contributed by atoms with E-state index in [1.807, 2.05) is 6.92 Å². The van der Waals surface area contributed by atoms with Gasteiger partial charge in [0.2, 0.25) is 0 Å². The first-order valence-corrected chi connectivity index (χ1v) is 6.52. The lowest BCUT2D eigenvalue weighted by molar-refractivity contribution is -0.137. The van der Waals surface area contributed by atoms with Crippen molar-refractivity contribution in [1.82, 2.24) is 4.98 Å². The van der Waals surface area contributed by atoms with Crippen LogP contribution in [0.4, 0.5) is 13.2 Å². The highest BCUT2D eigenvalue weighted by atomic mass is 32.1. The van der Waals surface area contributed by atoms with E-state index in [2.05, 4.69) is 4.98 Å². The number of thiazole rings is 1. The first-order valence-electron chi connectivity index (χ1n) is 5.70. The van der Waals surface area contributed by atoms with Gasteiger partial charge < -0.3 is 5.73 Å². The molecule has 0 saturated heterocycles. The molecule has 0 radical (unpaired) electrons. The number of hydrogen-bond acceptors (Lipinski definition) is 3. The highest BCUT2D eigenvalue weighted by Gasteiger charge is 2.29. The molecule has 0 bridgehead atoms. The lowest BCUT2D eigenvalue weighted by Gasteiger charge is -2.11. The number of nitrogens with zero attached hydrogens (tertiary/aromatic N) is 1. The van der Waals surface area contributed by atoms with Crippen molar-refractivity contribution in [2.24, 2.45) is 5.73 Å². The van der Waals surface area contributed by atoms with Crippen LogP contribution in [-0.4, -0.2) is 4.98 Å². The lowest BCUT2D eigenvalue weighted by Crippen LogP contribution is -2.12. The molecule has 0 saturated carbocycles. The van der Waals surface area contributed by atoms with Crippen molar-refractivity contribution in [3.8, 4) is 0 Å². The molecule has 2 N–H and O–H groups in total. The van der Waals surface area contributed by atoms with Crippen LogP contribution in [0.15, 0.2) is 30.5 Å². The van der Waals surface area contributed by atoms with E-state index in [-0.39, 0.29) is 6.04 Å². The highest BCUT2D eigenvalue weighted by molar-refractivity contribution is 7.11. The second-order valence-electron chi connectivity index (χ2n) is 4.29. The van der Waals surface area contributed by atoms with Crippen LogP contribution in [0.3, 0.4) is 0 Å². The zero-order valence-electron chi connectivity index (χ0n) is 10.2. The fourth-order valence-electron chi connectivity index (χ4n) is 1.73. The summed E-state index contributed by atoms with van der Waals surface area (Å²) >= 11 is 1.51. The van der Waals surface area contributed by atoms with Gasteiger partial charge in [0.25, 0.3) is 0 Å². The molecule has 19 heavy (non-hydrogen) atoms. The van der Waals surface area contributed by atoms with Crippen LogP contribution in [0.2, 0.25) is 0 Å². The molecule has 0 amide bonds. The average molecular weight is 286 g/mol. The third kappa shape index (κ3) is 3.54. The summed E-state index contributed by atoms with van der Waals surface area (Å²) in [5.41, 5.74) is 6.16. The molecule has 0 fully saturated rings. The first-order chi connectivity index (χ1) is 8.86. The van der Waals surface area contributed by atoms with Crippen molar-refractivity contribution in [1.29, 1.82) is 0 Å². The third-order valence-electron chi connectivity index (χ3n) is 2.74. The van der Waals surface area contributed by atoms with Gasteiger partial charge in [-0.05, 0) is 31.0 Å². The molecular formula is C13H13F3N2S. The minimum atomic E-state index is -4.30. The minimum absolute atomic E-state index is 0.233. The van der Waals surface area contributed by atoms with Crippen molar-refractivity contribution < 1.29 is 13.2 Å². The van der Waals surface area contributed by atoms with Crippen LogP contribution in [0.5, 0.6) is 0 Å². The Labute approximate surface area is 113 Å². The van der Waals surface area contributed by atoms with Crippen LogP contribution in [0, 0.1) is 6.92 Å². The molecule has 6 heteroatoms. The normalized spacial score (nSPS) is 13.5. The quantitative estimate of drug-likeness (QED) is 0.934. The van der Waals surface area contributed by atoms with Gasteiger partial charge in [-0.3, -0.25) is 0 Å². The van der Waals surface area contributed by atoms with E-state index in [1.165, 1.54) is 23.5 Å². The Bertz CT molecular complexity index is 546. The van der Waals surface area contributed by atoms with Gasteiger partial charge in [-0.15, -0.1) is 11.3 Å². The summed E-state index contributed by atoms with van der Waals surface area (Å²) in [4.78, 5) is 5.06. The molecule has 1 heterocycles. The van der Waals surface area contributed by atoms with Crippen molar-refractivity contribution in [2.75, 3.05) is 0 Å². The third-order valence-corrected chi connectivity index (χ3v) is 3.79. The molecular weight excluding hydrogens is 273 g/mol. The van der Waals surface area contributed by atoms with Gasteiger partial charge in [0, 0.05) is 17.1 Å². The number of alkyl halides is 3. The number of hydrogen-bond donors (Lipinski definition) is 1. The Morgan fingerprint density at radius 2 is 1.89 bits per heavy atom. The number of benzene rings is 1. The summed E-state index contributed by atoms with van der Waals surface area (Å²) < 4.78 is 37.3. The lowest BCUT2D eigenvalue weighted by atomic mass is 10.0. The Morgan fingerprint density at radius 3 is 2.37 bits per heavy atom. The first kappa shape index (κ1) is 14.0. The molecule has 102 valence electrons. The van der Waals surface area contributed by atoms with Crippen LogP contribution in [0.25, 0.3) is 0 Å². The van der Waals surface area contributed by atoms with Gasteiger partial charge in [0.1, 0.15) is 0 Å². The SMILES string of the molecule is Cc1ncc(C(N)Cc2ccc(C(F)(F)F)cc2)s1. The van der Waals surface area contributed by atoms with E-state index in [9.17, 15) is 13.2 Å². The molecule has 0 aliphatic heterocycles. The fourth-order valence-corrected chi connectivity index (χ4v) is 2.52. The van der Waals surface area contributed by atoms with Gasteiger partial charge >= 0.3 is 6.18 Å². The summed E-state index contributed by atoms with van der Waals surface area (Å²) in [5, 5.41) is 0.929. The molecule has 2 aromatic rings. The second kappa shape index (κ2) is 5.30. The molecule has 1 unspecified atom stereocenters. The Kier molecular flexibility index (Phi) is 3.91. The van der Waals surface area contributed by atoms with E-state index in [0.717, 1.165) is 27.6 Å². The summed E-state index contributed by atoms with van der Waals surface area (Å²) in [6.45, 7) is 1.89. The van der Waals surface area contributed by atoms with Crippen LogP contribution in [-0.2, 0) is 12.6 Å². The molecule has 2 nitrogen and oxygen atoms in total. The van der Waals surface area contributed by atoms with Gasteiger partial charge in [0.05, 0.1) is 10.6 Å². The fraction of sp³-hybridized carbons (Fsp3) is 0.308. The van der Waals surface area contributed by atoms with Crippen molar-refractivity contribution in [2.45, 2.75) is 25.6 Å². The highest BCUT2D eigenvalue weighted by Crippen LogP contribution is 2.30. The Hall–Kier alpha value is -1.40. The molecule has 1 aromatic heterocycles. The van der Waals surface area contributed by atoms with Gasteiger partial charge in [-0.25, -0.2) is 4.98 Å². The number of halogens is 3. The summed E-state index contributed by atoms with van der Waals surface area (Å²) in [7, 11) is 0. The maximum Gasteiger partial charge on any atom is 0.416 e. The summed E-state index contributed by atoms with van der Waals surface area (Å²) in [5.74, 6) is 0. The Morgan fingerprint density at radius 1 is 1.26 bits per heavy atom. The van der Waals surface area contributed by atoms with E-state index >= 15 is 0 Å². The van der Waals surface area contributed by atoms with Crippen LogP contribution in [0.1, 0.15) is 27.1 Å². The smallest absolute Gasteiger partial charge is 0.323 e. The number of rotatable bonds is 3. The molecule has 1 aromatic carbocycles. The topological polar surface area (TPSA) is 38.9 Å². The zero-order chi connectivity index (χ0) is 14.0. The summed E-state index contributed by atoms with van der Waals surface area (Å²) in [6.07, 6.45) is -2.08. The molecule has 0 spiro atoms. The molecule has 1 atom stereocenters. The second-order valence-corrected chi connectivity index (χ2v) is 5.55. The van der Waals surface area contributed by atoms with Crippen LogP contribution < -0.4 is 5.73 Å². The van der Waals surface area contributed by atoms with Crippen LogP contribution >= 0.6 is 11.3 Å². The van der Waals surface area contributed by atoms with Crippen molar-refractivity contribution in [3.05, 3.63) is 51.5 Å². The van der Waals surface area contributed by atoms with Crippen molar-refractivity contribution >= 4 is 11.3 Å². The zero-order valence-corrected chi connectivity index (χ0v) is 11.1. The number of nitrogens with two attached hydrogens (primary N) is 1.